The minimum atomic E-state index is -1.44. The van der Waals surface area contributed by atoms with Crippen molar-refractivity contribution in [3.63, 3.8) is 0 Å². The van der Waals surface area contributed by atoms with E-state index in [0.29, 0.717) is 39.5 Å². The number of fused-ring (bicyclic) bond motifs is 6. The molecule has 2 aromatic carbocycles. The minimum absolute atomic E-state index is 0.111. The number of carbonyl (C=O) groups is 3. The predicted molar refractivity (Wildman–Crippen MR) is 105 cm³/mol. The number of H-pyrrole nitrogens is 1. The molecule has 1 amide bonds. The van der Waals surface area contributed by atoms with Crippen LogP contribution in [0, 0.1) is 6.92 Å². The Kier molecular flexibility index (Phi) is 2.80. The zero-order valence-corrected chi connectivity index (χ0v) is 15.3. The maximum atomic E-state index is 13.7. The van der Waals surface area contributed by atoms with Gasteiger partial charge in [-0.25, -0.2) is 0 Å². The van der Waals surface area contributed by atoms with Crippen LogP contribution in [0.1, 0.15) is 37.5 Å². The molecule has 1 spiro atoms. The molecular weight excluding hydrogens is 368 g/mol. The van der Waals surface area contributed by atoms with Gasteiger partial charge in [0.25, 0.3) is 0 Å². The van der Waals surface area contributed by atoms with E-state index in [1.165, 1.54) is 0 Å². The monoisotopic (exact) mass is 382 g/mol. The Hall–Kier alpha value is -4.00. The van der Waals surface area contributed by atoms with Gasteiger partial charge in [0.2, 0.25) is 11.7 Å². The van der Waals surface area contributed by atoms with E-state index < -0.39 is 5.41 Å². The van der Waals surface area contributed by atoms with Crippen LogP contribution in [0.15, 0.2) is 59.8 Å². The fourth-order valence-corrected chi connectivity index (χ4v) is 4.83. The summed E-state index contributed by atoms with van der Waals surface area (Å²) in [4.78, 5) is 40.6. The number of ketones is 2. The zero-order valence-electron chi connectivity index (χ0n) is 15.3. The van der Waals surface area contributed by atoms with Crippen molar-refractivity contribution in [1.82, 2.24) is 10.2 Å². The molecule has 7 heteroatoms. The van der Waals surface area contributed by atoms with Crippen LogP contribution < -0.4 is 10.6 Å². The molecule has 0 unspecified atom stereocenters. The van der Waals surface area contributed by atoms with Gasteiger partial charge in [-0.1, -0.05) is 42.5 Å². The molecule has 3 aliphatic rings. The van der Waals surface area contributed by atoms with Crippen LogP contribution in [-0.2, 0) is 10.2 Å². The van der Waals surface area contributed by atoms with Gasteiger partial charge in [0, 0.05) is 33.6 Å². The molecule has 1 aliphatic carbocycles. The van der Waals surface area contributed by atoms with E-state index in [0.717, 1.165) is 0 Å². The average molecular weight is 382 g/mol. The third kappa shape index (κ3) is 1.69. The summed E-state index contributed by atoms with van der Waals surface area (Å²) in [5.74, 6) is -0.633. The Morgan fingerprint density at radius 2 is 1.55 bits per heavy atom. The molecule has 1 atom stereocenters. The maximum absolute atomic E-state index is 13.7. The van der Waals surface area contributed by atoms with E-state index in [4.69, 9.17) is 0 Å². The summed E-state index contributed by atoms with van der Waals surface area (Å²) in [6.45, 7) is 1.80. The van der Waals surface area contributed by atoms with Crippen molar-refractivity contribution < 1.29 is 14.4 Å². The number of aromatic nitrogens is 2. The topological polar surface area (TPSA) is 104 Å². The van der Waals surface area contributed by atoms with E-state index in [1.54, 1.807) is 37.3 Å². The summed E-state index contributed by atoms with van der Waals surface area (Å²) >= 11 is 0. The predicted octanol–water partition coefficient (Wildman–Crippen LogP) is 2.72. The Labute approximate surface area is 164 Å². The number of anilines is 2. The second kappa shape index (κ2) is 5.08. The number of Topliss-reactive ketones (excluding diaryl/α,β-unsaturated/α-hetero) is 2. The fraction of sp³-hybridized carbons (Fsp3) is 0.0909. The van der Waals surface area contributed by atoms with Gasteiger partial charge in [-0.2, -0.15) is 5.10 Å². The number of hydrogen-bond donors (Lipinski definition) is 3. The Morgan fingerprint density at radius 1 is 0.862 bits per heavy atom. The van der Waals surface area contributed by atoms with Gasteiger partial charge >= 0.3 is 0 Å². The molecule has 29 heavy (non-hydrogen) atoms. The fourth-order valence-electron chi connectivity index (χ4n) is 4.83. The zero-order chi connectivity index (χ0) is 19.9. The number of rotatable bonds is 0. The molecule has 0 radical (unpaired) electrons. The van der Waals surface area contributed by atoms with Gasteiger partial charge < -0.3 is 10.6 Å². The Balaban J connectivity index is 1.78. The summed E-state index contributed by atoms with van der Waals surface area (Å²) in [6, 6.07) is 13.9. The summed E-state index contributed by atoms with van der Waals surface area (Å²) in [5.41, 5.74) is 1.94. The first-order chi connectivity index (χ1) is 14.0. The quantitative estimate of drug-likeness (QED) is 0.555. The number of hydrogen-bond acceptors (Lipinski definition) is 5. The van der Waals surface area contributed by atoms with Crippen LogP contribution in [-0.4, -0.2) is 27.7 Å². The Bertz CT molecular complexity index is 1330. The van der Waals surface area contributed by atoms with Gasteiger partial charge in [-0.05, 0) is 13.0 Å². The van der Waals surface area contributed by atoms with Gasteiger partial charge in [0.15, 0.2) is 11.6 Å². The van der Waals surface area contributed by atoms with Gasteiger partial charge in [0.05, 0.1) is 11.3 Å². The lowest BCUT2D eigenvalue weighted by molar-refractivity contribution is -0.118. The summed E-state index contributed by atoms with van der Waals surface area (Å²) in [7, 11) is 0. The number of allylic oxidation sites excluding steroid dienone is 1. The molecule has 7 nitrogen and oxygen atoms in total. The SMILES string of the molecule is Cc1[nH]nc2c1[C@]1(C(=O)Nc3ccccc31)C1=C(N2)C(=O)c2ccccc2C1=O. The van der Waals surface area contributed by atoms with Crippen molar-refractivity contribution in [2.45, 2.75) is 12.3 Å². The third-order valence-electron chi connectivity index (χ3n) is 5.98. The number of aromatic amines is 1. The molecule has 6 rings (SSSR count). The van der Waals surface area contributed by atoms with E-state index in [-0.39, 0.29) is 28.7 Å². The summed E-state index contributed by atoms with van der Waals surface area (Å²) in [5, 5.41) is 13.1. The van der Waals surface area contributed by atoms with Gasteiger partial charge in [0.1, 0.15) is 5.41 Å². The lowest BCUT2D eigenvalue weighted by atomic mass is 9.63. The third-order valence-corrected chi connectivity index (χ3v) is 5.98. The van der Waals surface area contributed by atoms with Crippen LogP contribution in [0.2, 0.25) is 0 Å². The molecule has 3 heterocycles. The highest BCUT2D eigenvalue weighted by molar-refractivity contribution is 6.33. The van der Waals surface area contributed by atoms with E-state index in [2.05, 4.69) is 20.8 Å². The number of aryl methyl sites for hydroxylation is 1. The molecule has 0 saturated carbocycles. The second-order valence-electron chi connectivity index (χ2n) is 7.40. The normalized spacial score (nSPS) is 21.3. The number of nitrogens with one attached hydrogen (secondary N) is 3. The van der Waals surface area contributed by atoms with Crippen molar-refractivity contribution in [1.29, 1.82) is 0 Å². The molecule has 140 valence electrons. The lowest BCUT2D eigenvalue weighted by Crippen LogP contribution is -2.47. The Morgan fingerprint density at radius 3 is 2.34 bits per heavy atom. The highest BCUT2D eigenvalue weighted by Gasteiger charge is 2.60. The van der Waals surface area contributed by atoms with Crippen LogP contribution >= 0.6 is 0 Å². The van der Waals surface area contributed by atoms with E-state index in [1.807, 2.05) is 18.2 Å². The number of para-hydroxylation sites is 1. The minimum Gasteiger partial charge on any atom is -0.335 e. The summed E-state index contributed by atoms with van der Waals surface area (Å²) in [6.07, 6.45) is 0. The molecule has 1 aromatic heterocycles. The molecule has 0 fully saturated rings. The van der Waals surface area contributed by atoms with Crippen LogP contribution in [0.5, 0.6) is 0 Å². The van der Waals surface area contributed by atoms with E-state index in [9.17, 15) is 14.4 Å². The van der Waals surface area contributed by atoms with Crippen molar-refractivity contribution in [2.75, 3.05) is 10.6 Å². The number of amides is 1. The first-order valence-corrected chi connectivity index (χ1v) is 9.21. The molecule has 2 aliphatic heterocycles. The molecule has 0 bridgehead atoms. The number of carbonyl (C=O) groups excluding carboxylic acids is 3. The lowest BCUT2D eigenvalue weighted by Gasteiger charge is -2.37. The molecule has 3 N–H and O–H groups in total. The molecular formula is C22H14N4O3. The van der Waals surface area contributed by atoms with Crippen molar-refractivity contribution in [2.24, 2.45) is 0 Å². The van der Waals surface area contributed by atoms with E-state index >= 15 is 0 Å². The summed E-state index contributed by atoms with van der Waals surface area (Å²) < 4.78 is 0. The molecule has 0 saturated heterocycles. The number of benzene rings is 2. The van der Waals surface area contributed by atoms with Crippen molar-refractivity contribution >= 4 is 29.0 Å². The second-order valence-corrected chi connectivity index (χ2v) is 7.40. The molecule has 3 aromatic rings. The highest BCUT2D eigenvalue weighted by atomic mass is 16.2. The number of nitrogens with zero attached hydrogens (tertiary/aromatic N) is 1. The maximum Gasteiger partial charge on any atom is 0.244 e. The van der Waals surface area contributed by atoms with Crippen LogP contribution in [0.25, 0.3) is 0 Å². The first-order valence-electron chi connectivity index (χ1n) is 9.21. The largest absolute Gasteiger partial charge is 0.335 e. The smallest absolute Gasteiger partial charge is 0.244 e. The standard InChI is InChI=1S/C22H14N4O3/c1-10-15-20(26-25-10)24-17-16(18(27)11-6-2-3-7-12(11)19(17)28)22(15)13-8-4-5-9-14(13)23-21(22)29/h2-9H,1H3,(H,23,29)(H2,24,25,26)/t22-/m0/s1. The van der Waals surface area contributed by atoms with Crippen molar-refractivity contribution in [3.8, 4) is 0 Å². The first kappa shape index (κ1) is 16.0. The van der Waals surface area contributed by atoms with Gasteiger partial charge in [-0.3, -0.25) is 19.5 Å². The van der Waals surface area contributed by atoms with Crippen molar-refractivity contribution in [3.05, 3.63) is 87.7 Å². The highest BCUT2D eigenvalue weighted by Crippen LogP contribution is 2.55. The van der Waals surface area contributed by atoms with Gasteiger partial charge in [-0.15, -0.1) is 0 Å². The van der Waals surface area contributed by atoms with Crippen LogP contribution in [0.3, 0.4) is 0 Å². The van der Waals surface area contributed by atoms with Crippen LogP contribution in [0.4, 0.5) is 11.5 Å². The average Bonchev–Trinajstić information content (AvgIpc) is 3.24.